The smallest absolute Gasteiger partial charge is 0.0178 e. The number of allylic oxidation sites excluding steroid dienone is 1. The summed E-state index contributed by atoms with van der Waals surface area (Å²) in [4.78, 5) is 0. The molecule has 0 saturated carbocycles. The Morgan fingerprint density at radius 2 is 2.07 bits per heavy atom. The number of benzene rings is 1. The van der Waals surface area contributed by atoms with Gasteiger partial charge in [0.2, 0.25) is 0 Å². The first-order valence-electron chi connectivity index (χ1n) is 6.06. The summed E-state index contributed by atoms with van der Waals surface area (Å²) >= 11 is 0. The molecule has 0 aromatic heterocycles. The molecule has 0 aliphatic carbocycles. The highest BCUT2D eigenvalue weighted by Crippen LogP contribution is 2.07. The van der Waals surface area contributed by atoms with Gasteiger partial charge in [0.1, 0.15) is 0 Å². The van der Waals surface area contributed by atoms with Crippen molar-refractivity contribution in [3.05, 3.63) is 42.0 Å². The summed E-state index contributed by atoms with van der Waals surface area (Å²) < 4.78 is 0. The molecular weight excluding hydrogens is 180 g/mol. The Morgan fingerprint density at radius 1 is 1.20 bits per heavy atom. The van der Waals surface area contributed by atoms with E-state index in [2.05, 4.69) is 31.2 Å². The van der Waals surface area contributed by atoms with Crippen LogP contribution in [0, 0.1) is 6.07 Å². The van der Waals surface area contributed by atoms with Crippen LogP contribution in [0.1, 0.15) is 51.0 Å². The second-order valence-corrected chi connectivity index (χ2v) is 3.94. The van der Waals surface area contributed by atoms with Crippen molar-refractivity contribution in [1.82, 2.24) is 0 Å². The van der Waals surface area contributed by atoms with Gasteiger partial charge in [-0.2, -0.15) is 0 Å². The van der Waals surface area contributed by atoms with E-state index in [0.29, 0.717) is 0 Å². The maximum atomic E-state index is 3.08. The van der Waals surface area contributed by atoms with E-state index in [9.17, 15) is 0 Å². The predicted molar refractivity (Wildman–Crippen MR) is 67.7 cm³/mol. The molecule has 0 fully saturated rings. The monoisotopic (exact) mass is 201 g/mol. The summed E-state index contributed by atoms with van der Waals surface area (Å²) in [6.45, 7) is 2.26. The van der Waals surface area contributed by atoms with Crippen molar-refractivity contribution < 1.29 is 0 Å². The van der Waals surface area contributed by atoms with E-state index in [0.717, 1.165) is 0 Å². The number of unbranched alkanes of at least 4 members (excludes halogenated alkanes) is 5. The average molecular weight is 201 g/mol. The van der Waals surface area contributed by atoms with E-state index in [4.69, 9.17) is 0 Å². The van der Waals surface area contributed by atoms with Gasteiger partial charge < -0.3 is 0 Å². The fourth-order valence-electron chi connectivity index (χ4n) is 1.60. The van der Waals surface area contributed by atoms with Gasteiger partial charge in [0.05, 0.1) is 0 Å². The van der Waals surface area contributed by atoms with Crippen LogP contribution < -0.4 is 0 Å². The SMILES string of the molecule is CCCCCCC/C=C/c1c[c]ccc1. The molecule has 0 aliphatic heterocycles. The van der Waals surface area contributed by atoms with Gasteiger partial charge in [0.15, 0.2) is 0 Å². The lowest BCUT2D eigenvalue weighted by molar-refractivity contribution is 0.638. The van der Waals surface area contributed by atoms with E-state index in [1.165, 1.54) is 44.1 Å². The number of hydrogen-bond acceptors (Lipinski definition) is 0. The fraction of sp³-hybridized carbons (Fsp3) is 0.467. The highest BCUT2D eigenvalue weighted by molar-refractivity contribution is 5.48. The van der Waals surface area contributed by atoms with Gasteiger partial charge in [0, 0.05) is 0 Å². The second kappa shape index (κ2) is 8.28. The lowest BCUT2D eigenvalue weighted by Crippen LogP contribution is -1.76. The lowest BCUT2D eigenvalue weighted by Gasteiger charge is -1.96. The van der Waals surface area contributed by atoms with Gasteiger partial charge in [-0.3, -0.25) is 0 Å². The Bertz CT molecular complexity index is 259. The molecule has 1 aromatic rings. The zero-order chi connectivity index (χ0) is 10.8. The summed E-state index contributed by atoms with van der Waals surface area (Å²) in [5, 5.41) is 0. The number of hydrogen-bond donors (Lipinski definition) is 0. The van der Waals surface area contributed by atoms with Gasteiger partial charge >= 0.3 is 0 Å². The van der Waals surface area contributed by atoms with Crippen LogP contribution >= 0.6 is 0 Å². The van der Waals surface area contributed by atoms with Gasteiger partial charge in [-0.05, 0) is 30.5 Å². The quantitative estimate of drug-likeness (QED) is 0.553. The molecule has 1 rings (SSSR count). The zero-order valence-corrected chi connectivity index (χ0v) is 9.71. The fourth-order valence-corrected chi connectivity index (χ4v) is 1.60. The molecule has 0 nitrogen and oxygen atoms in total. The van der Waals surface area contributed by atoms with Crippen LogP contribution in [-0.2, 0) is 0 Å². The molecular formula is C15H21. The lowest BCUT2D eigenvalue weighted by atomic mass is 10.1. The van der Waals surface area contributed by atoms with Gasteiger partial charge in [-0.25, -0.2) is 0 Å². The summed E-state index contributed by atoms with van der Waals surface area (Å²) in [6, 6.07) is 11.2. The third-order valence-corrected chi connectivity index (χ3v) is 2.52. The Hall–Kier alpha value is -1.04. The molecule has 1 aromatic carbocycles. The summed E-state index contributed by atoms with van der Waals surface area (Å²) in [5.74, 6) is 0. The molecule has 0 unspecified atom stereocenters. The van der Waals surface area contributed by atoms with Crippen molar-refractivity contribution in [2.45, 2.75) is 45.4 Å². The molecule has 0 heterocycles. The highest BCUT2D eigenvalue weighted by atomic mass is 13.9. The Kier molecular flexibility index (Phi) is 6.64. The topological polar surface area (TPSA) is 0 Å². The van der Waals surface area contributed by atoms with E-state index >= 15 is 0 Å². The molecule has 0 heteroatoms. The number of rotatable bonds is 7. The molecule has 1 radical (unpaired) electrons. The van der Waals surface area contributed by atoms with Crippen LogP contribution in [0.2, 0.25) is 0 Å². The van der Waals surface area contributed by atoms with Crippen molar-refractivity contribution in [2.24, 2.45) is 0 Å². The van der Waals surface area contributed by atoms with Crippen molar-refractivity contribution in [2.75, 3.05) is 0 Å². The molecule has 0 saturated heterocycles. The van der Waals surface area contributed by atoms with E-state index < -0.39 is 0 Å². The summed E-state index contributed by atoms with van der Waals surface area (Å²) in [5.41, 5.74) is 1.26. The maximum Gasteiger partial charge on any atom is -0.0178 e. The van der Waals surface area contributed by atoms with Gasteiger partial charge in [-0.15, -0.1) is 0 Å². The van der Waals surface area contributed by atoms with Crippen LogP contribution in [-0.4, -0.2) is 0 Å². The van der Waals surface area contributed by atoms with E-state index in [1.807, 2.05) is 18.2 Å². The average Bonchev–Trinajstić information content (AvgIpc) is 2.29. The maximum absolute atomic E-state index is 3.08. The summed E-state index contributed by atoms with van der Waals surface area (Å²) in [7, 11) is 0. The molecule has 0 spiro atoms. The van der Waals surface area contributed by atoms with Crippen LogP contribution in [0.4, 0.5) is 0 Å². The molecule has 0 atom stereocenters. The Labute approximate surface area is 94.0 Å². The minimum absolute atomic E-state index is 1.21. The Morgan fingerprint density at radius 3 is 2.80 bits per heavy atom. The van der Waals surface area contributed by atoms with Gasteiger partial charge in [0.25, 0.3) is 0 Å². The van der Waals surface area contributed by atoms with Crippen molar-refractivity contribution in [3.63, 3.8) is 0 Å². The molecule has 0 amide bonds. The van der Waals surface area contributed by atoms with Crippen LogP contribution in [0.5, 0.6) is 0 Å². The molecule has 15 heavy (non-hydrogen) atoms. The Balaban J connectivity index is 2.07. The molecule has 81 valence electrons. The van der Waals surface area contributed by atoms with Crippen molar-refractivity contribution >= 4 is 6.08 Å². The zero-order valence-electron chi connectivity index (χ0n) is 9.71. The van der Waals surface area contributed by atoms with E-state index in [1.54, 1.807) is 0 Å². The van der Waals surface area contributed by atoms with Gasteiger partial charge in [-0.1, -0.05) is 63.0 Å². The largest absolute Gasteiger partial charge is 0.0839 e. The molecule has 0 aliphatic rings. The third-order valence-electron chi connectivity index (χ3n) is 2.52. The molecule has 0 bridgehead atoms. The predicted octanol–water partition coefficient (Wildman–Crippen LogP) is 4.86. The van der Waals surface area contributed by atoms with E-state index in [-0.39, 0.29) is 0 Å². The normalized spacial score (nSPS) is 11.0. The third kappa shape index (κ3) is 6.11. The van der Waals surface area contributed by atoms with Crippen LogP contribution in [0.25, 0.3) is 6.08 Å². The molecule has 0 N–H and O–H groups in total. The van der Waals surface area contributed by atoms with Crippen LogP contribution in [0.3, 0.4) is 0 Å². The first-order valence-corrected chi connectivity index (χ1v) is 6.06. The summed E-state index contributed by atoms with van der Waals surface area (Å²) in [6.07, 6.45) is 12.5. The standard InChI is InChI=1S/C15H21/c1-2-3-4-5-6-7-9-12-15-13-10-8-11-14-15/h8-10,12-14H,2-7H2,1H3/b12-9+. The minimum atomic E-state index is 1.21. The first kappa shape index (κ1) is 12.0. The first-order chi connectivity index (χ1) is 7.43. The van der Waals surface area contributed by atoms with Crippen molar-refractivity contribution in [3.8, 4) is 0 Å². The highest BCUT2D eigenvalue weighted by Gasteiger charge is 1.87. The van der Waals surface area contributed by atoms with Crippen molar-refractivity contribution in [1.29, 1.82) is 0 Å². The second-order valence-electron chi connectivity index (χ2n) is 3.94. The van der Waals surface area contributed by atoms with Crippen LogP contribution in [0.15, 0.2) is 30.3 Å². The minimum Gasteiger partial charge on any atom is -0.0839 e.